The number of rotatable bonds is 6. The highest BCUT2D eigenvalue weighted by atomic mass is 35.5. The van der Waals surface area contributed by atoms with Crippen molar-refractivity contribution < 1.29 is 4.79 Å². The molecule has 6 heteroatoms. The minimum Gasteiger partial charge on any atom is -0.306 e. The summed E-state index contributed by atoms with van der Waals surface area (Å²) < 4.78 is 1.85. The van der Waals surface area contributed by atoms with E-state index < -0.39 is 0 Å². The summed E-state index contributed by atoms with van der Waals surface area (Å²) in [7, 11) is 0. The van der Waals surface area contributed by atoms with Crippen molar-refractivity contribution in [3.63, 3.8) is 0 Å². The van der Waals surface area contributed by atoms with Crippen LogP contribution in [0.1, 0.15) is 12.8 Å². The Labute approximate surface area is 157 Å². The van der Waals surface area contributed by atoms with Gasteiger partial charge in [-0.15, -0.1) is 0 Å². The van der Waals surface area contributed by atoms with Crippen molar-refractivity contribution in [3.05, 3.63) is 65.8 Å². The number of anilines is 1. The minimum atomic E-state index is -0.106. The fraction of sp³-hybridized carbons (Fsp3) is 0.200. The lowest BCUT2D eigenvalue weighted by molar-refractivity contribution is -0.115. The zero-order valence-corrected chi connectivity index (χ0v) is 14.9. The molecule has 2 N–H and O–H groups in total. The number of amides is 1. The van der Waals surface area contributed by atoms with Crippen molar-refractivity contribution >= 4 is 23.5 Å². The van der Waals surface area contributed by atoms with Crippen LogP contribution >= 0.6 is 11.6 Å². The highest BCUT2D eigenvalue weighted by molar-refractivity contribution is 6.30. The van der Waals surface area contributed by atoms with E-state index in [4.69, 9.17) is 11.6 Å². The first-order valence-corrected chi connectivity index (χ1v) is 9.01. The molecule has 1 aliphatic rings. The number of carbonyl (C=O) groups is 1. The number of nitrogens with zero attached hydrogens (tertiary/aromatic N) is 2. The third-order valence-corrected chi connectivity index (χ3v) is 4.48. The Bertz CT molecular complexity index is 919. The highest BCUT2D eigenvalue weighted by Gasteiger charge is 2.22. The molecule has 1 aliphatic carbocycles. The van der Waals surface area contributed by atoms with Gasteiger partial charge in [-0.2, -0.15) is 0 Å². The lowest BCUT2D eigenvalue weighted by Crippen LogP contribution is -2.30. The van der Waals surface area contributed by atoms with Crippen molar-refractivity contribution in [2.45, 2.75) is 18.9 Å². The van der Waals surface area contributed by atoms with E-state index in [1.54, 1.807) is 0 Å². The first kappa shape index (κ1) is 16.8. The van der Waals surface area contributed by atoms with Gasteiger partial charge in [-0.1, -0.05) is 48.0 Å². The second-order valence-corrected chi connectivity index (χ2v) is 6.81. The number of benzene rings is 2. The average molecular weight is 367 g/mol. The lowest BCUT2D eigenvalue weighted by atomic mass is 10.2. The standard InChI is InChI=1S/C20H19ClN4O/c21-15-7-4-8-17(11-15)25-13-18(14-5-2-1-3-6-14)23-20(25)24-19(26)12-22-16-9-10-16/h1-8,11,13,16,22H,9-10,12H2,(H,23,24,26). The Morgan fingerprint density at radius 1 is 1.15 bits per heavy atom. The fourth-order valence-corrected chi connectivity index (χ4v) is 2.92. The summed E-state index contributed by atoms with van der Waals surface area (Å²) in [6, 6.07) is 17.8. The van der Waals surface area contributed by atoms with Crippen molar-refractivity contribution in [1.82, 2.24) is 14.9 Å². The van der Waals surface area contributed by atoms with E-state index >= 15 is 0 Å². The molecule has 0 bridgehead atoms. The van der Waals surface area contributed by atoms with E-state index in [9.17, 15) is 4.79 Å². The first-order chi connectivity index (χ1) is 12.7. The first-order valence-electron chi connectivity index (χ1n) is 8.63. The summed E-state index contributed by atoms with van der Waals surface area (Å²) >= 11 is 6.14. The third-order valence-electron chi connectivity index (χ3n) is 4.24. The van der Waals surface area contributed by atoms with Crippen LogP contribution < -0.4 is 10.6 Å². The van der Waals surface area contributed by atoms with Gasteiger partial charge >= 0.3 is 0 Å². The van der Waals surface area contributed by atoms with E-state index in [-0.39, 0.29) is 12.5 Å². The number of nitrogens with one attached hydrogen (secondary N) is 2. The maximum Gasteiger partial charge on any atom is 0.240 e. The number of hydrogen-bond acceptors (Lipinski definition) is 3. The Kier molecular flexibility index (Phi) is 4.73. The van der Waals surface area contributed by atoms with Gasteiger partial charge in [0.25, 0.3) is 0 Å². The zero-order valence-electron chi connectivity index (χ0n) is 14.2. The van der Waals surface area contributed by atoms with E-state index in [2.05, 4.69) is 15.6 Å². The predicted molar refractivity (Wildman–Crippen MR) is 104 cm³/mol. The second-order valence-electron chi connectivity index (χ2n) is 6.37. The Morgan fingerprint density at radius 3 is 2.69 bits per heavy atom. The number of hydrogen-bond donors (Lipinski definition) is 2. The fourth-order valence-electron chi connectivity index (χ4n) is 2.73. The van der Waals surface area contributed by atoms with Crippen LogP contribution in [0.3, 0.4) is 0 Å². The molecule has 26 heavy (non-hydrogen) atoms. The molecule has 1 saturated carbocycles. The third kappa shape index (κ3) is 3.95. The van der Waals surface area contributed by atoms with Crippen molar-refractivity contribution in [3.8, 4) is 16.9 Å². The van der Waals surface area contributed by atoms with Gasteiger partial charge in [-0.05, 0) is 31.0 Å². The summed E-state index contributed by atoms with van der Waals surface area (Å²) in [5.74, 6) is 0.374. The van der Waals surface area contributed by atoms with Gasteiger partial charge < -0.3 is 5.32 Å². The van der Waals surface area contributed by atoms with Gasteiger partial charge in [-0.3, -0.25) is 14.7 Å². The molecule has 1 aromatic heterocycles. The van der Waals surface area contributed by atoms with Gasteiger partial charge in [-0.25, -0.2) is 4.98 Å². The Balaban J connectivity index is 1.65. The summed E-state index contributed by atoms with van der Waals surface area (Å²) in [6.45, 7) is 0.285. The number of carbonyl (C=O) groups excluding carboxylic acids is 1. The van der Waals surface area contributed by atoms with Crippen LogP contribution in [-0.4, -0.2) is 28.0 Å². The summed E-state index contributed by atoms with van der Waals surface area (Å²) in [5, 5.41) is 6.75. The second kappa shape index (κ2) is 7.32. The van der Waals surface area contributed by atoms with Gasteiger partial charge in [0.2, 0.25) is 11.9 Å². The monoisotopic (exact) mass is 366 g/mol. The summed E-state index contributed by atoms with van der Waals surface area (Å²) in [4.78, 5) is 16.9. The van der Waals surface area contributed by atoms with Crippen LogP contribution in [0.4, 0.5) is 5.95 Å². The molecule has 0 unspecified atom stereocenters. The van der Waals surface area contributed by atoms with Crippen LogP contribution in [0.15, 0.2) is 60.8 Å². The molecule has 3 aromatic rings. The van der Waals surface area contributed by atoms with Crippen LogP contribution in [0.5, 0.6) is 0 Å². The van der Waals surface area contributed by atoms with Gasteiger partial charge in [0.05, 0.1) is 12.2 Å². The molecule has 0 spiro atoms. The molecule has 4 rings (SSSR count). The van der Waals surface area contributed by atoms with E-state index in [0.717, 1.165) is 29.8 Å². The normalized spacial score (nSPS) is 13.6. The molecular formula is C20H19ClN4O. The number of halogens is 1. The average Bonchev–Trinajstić information content (AvgIpc) is 3.40. The molecule has 1 heterocycles. The number of aromatic nitrogens is 2. The SMILES string of the molecule is O=C(CNC1CC1)Nc1nc(-c2ccccc2)cn1-c1cccc(Cl)c1. The molecule has 1 fully saturated rings. The van der Waals surface area contributed by atoms with Gasteiger partial charge in [0.1, 0.15) is 0 Å². The molecule has 0 saturated heterocycles. The predicted octanol–water partition coefficient (Wildman–Crippen LogP) is 3.88. The Morgan fingerprint density at radius 2 is 1.96 bits per heavy atom. The van der Waals surface area contributed by atoms with Gasteiger partial charge in [0, 0.05) is 28.5 Å². The van der Waals surface area contributed by atoms with Crippen molar-refractivity contribution in [2.24, 2.45) is 0 Å². The smallest absolute Gasteiger partial charge is 0.240 e. The summed E-state index contributed by atoms with van der Waals surface area (Å²) in [6.07, 6.45) is 4.19. The van der Waals surface area contributed by atoms with Crippen LogP contribution in [0.25, 0.3) is 16.9 Å². The maximum absolute atomic E-state index is 12.3. The molecule has 1 amide bonds. The van der Waals surface area contributed by atoms with Gasteiger partial charge in [0.15, 0.2) is 0 Å². The maximum atomic E-state index is 12.3. The quantitative estimate of drug-likeness (QED) is 0.696. The molecule has 132 valence electrons. The lowest BCUT2D eigenvalue weighted by Gasteiger charge is -2.09. The largest absolute Gasteiger partial charge is 0.306 e. The molecule has 2 aromatic carbocycles. The molecule has 5 nitrogen and oxygen atoms in total. The van der Waals surface area contributed by atoms with Crippen LogP contribution in [0, 0.1) is 0 Å². The topological polar surface area (TPSA) is 59.0 Å². The van der Waals surface area contributed by atoms with Crippen molar-refractivity contribution in [2.75, 3.05) is 11.9 Å². The minimum absolute atomic E-state index is 0.106. The van der Waals surface area contributed by atoms with Crippen molar-refractivity contribution in [1.29, 1.82) is 0 Å². The number of imidazole rings is 1. The molecular weight excluding hydrogens is 348 g/mol. The summed E-state index contributed by atoms with van der Waals surface area (Å²) in [5.41, 5.74) is 2.62. The van der Waals surface area contributed by atoms with E-state index in [0.29, 0.717) is 17.0 Å². The molecule has 0 atom stereocenters. The Hall–Kier alpha value is -2.63. The van der Waals surface area contributed by atoms with Crippen LogP contribution in [-0.2, 0) is 4.79 Å². The molecule has 0 aliphatic heterocycles. The van der Waals surface area contributed by atoms with E-state index in [1.807, 2.05) is 65.4 Å². The zero-order chi connectivity index (χ0) is 17.9. The highest BCUT2D eigenvalue weighted by Crippen LogP contribution is 2.25. The van der Waals surface area contributed by atoms with Crippen LogP contribution in [0.2, 0.25) is 5.02 Å². The van der Waals surface area contributed by atoms with E-state index in [1.165, 1.54) is 0 Å². The molecule has 0 radical (unpaired) electrons.